The van der Waals surface area contributed by atoms with Crippen LogP contribution in [0.4, 0.5) is 0 Å². The standard InChI is InChI=1S/C39H38GeNPSi/c1-43(2,3)41-42(36-27-15-7-16-28-36,37-29-17-8-18-30-37)39-32-20-19-31-38(39)40(33-21-9-4-10-22-33,34-23-11-5-12-24-34)35-25-13-6-14-26-35/h4-32H,1-3H3. The zero-order valence-corrected chi connectivity index (χ0v) is 29.1. The molecule has 1 nitrogen and oxygen atoms in total. The molecule has 0 atom stereocenters. The Morgan fingerprint density at radius 2 is 0.744 bits per heavy atom. The number of nitrogens with zero attached hydrogens (tertiary/aromatic N) is 1. The molecule has 0 radical (unpaired) electrons. The summed E-state index contributed by atoms with van der Waals surface area (Å²) >= 11 is -3.60. The van der Waals surface area contributed by atoms with E-state index in [4.69, 9.17) is 4.41 Å². The molecule has 0 aliphatic heterocycles. The average molecular weight is 652 g/mol. The van der Waals surface area contributed by atoms with Crippen LogP contribution in [0.1, 0.15) is 0 Å². The molecule has 0 aromatic heterocycles. The van der Waals surface area contributed by atoms with Gasteiger partial charge in [-0.1, -0.05) is 0 Å². The van der Waals surface area contributed by atoms with Crippen molar-refractivity contribution in [2.75, 3.05) is 0 Å². The van der Waals surface area contributed by atoms with Crippen LogP contribution in [-0.4, -0.2) is 21.5 Å². The summed E-state index contributed by atoms with van der Waals surface area (Å²) in [6.45, 7) is 7.16. The molecule has 0 saturated carbocycles. The Labute approximate surface area is 260 Å². The van der Waals surface area contributed by atoms with E-state index in [0.29, 0.717) is 0 Å². The minimum absolute atomic E-state index is 1.32. The van der Waals surface area contributed by atoms with Gasteiger partial charge in [-0.25, -0.2) is 0 Å². The van der Waals surface area contributed by atoms with Crippen molar-refractivity contribution in [3.8, 4) is 0 Å². The van der Waals surface area contributed by atoms with Gasteiger partial charge in [0.05, 0.1) is 0 Å². The molecule has 0 fully saturated rings. The zero-order chi connectivity index (χ0) is 29.8. The fourth-order valence-electron chi connectivity index (χ4n) is 6.44. The molecule has 6 rings (SSSR count). The molecular formula is C39H38GeNPSi. The van der Waals surface area contributed by atoms with E-state index in [0.717, 1.165) is 0 Å². The van der Waals surface area contributed by atoms with Gasteiger partial charge in [0.1, 0.15) is 0 Å². The number of benzene rings is 6. The number of hydrogen-bond donors (Lipinski definition) is 0. The topological polar surface area (TPSA) is 12.4 Å². The van der Waals surface area contributed by atoms with Crippen LogP contribution in [0.15, 0.2) is 180 Å². The molecule has 0 unspecified atom stereocenters. The van der Waals surface area contributed by atoms with Crippen LogP contribution in [-0.2, 0) is 0 Å². The summed E-state index contributed by atoms with van der Waals surface area (Å²) in [7, 11) is -4.40. The van der Waals surface area contributed by atoms with Gasteiger partial charge in [0.15, 0.2) is 0 Å². The molecule has 0 bridgehead atoms. The van der Waals surface area contributed by atoms with Crippen LogP contribution in [0.25, 0.3) is 0 Å². The molecule has 0 saturated heterocycles. The van der Waals surface area contributed by atoms with E-state index in [2.05, 4.69) is 196 Å². The molecule has 0 aliphatic rings. The SMILES string of the molecule is C[Si](C)(C)N=P(c1ccccc1)(c1ccccc1)c1cccc[c]1[Ge]([c]1ccccc1)([c]1ccccc1)[c]1ccccc1. The average Bonchev–Trinajstić information content (AvgIpc) is 3.06. The Morgan fingerprint density at radius 1 is 0.419 bits per heavy atom. The van der Waals surface area contributed by atoms with Gasteiger partial charge in [0, 0.05) is 0 Å². The molecule has 6 aromatic rings. The van der Waals surface area contributed by atoms with E-state index in [1.54, 1.807) is 0 Å². The van der Waals surface area contributed by atoms with Crippen molar-refractivity contribution in [2.45, 2.75) is 19.6 Å². The molecular weight excluding hydrogens is 614 g/mol. The predicted octanol–water partition coefficient (Wildman–Crippen LogP) is 6.38. The third kappa shape index (κ3) is 5.56. The van der Waals surface area contributed by atoms with Crippen LogP contribution < -0.4 is 33.5 Å². The fraction of sp³-hybridized carbons (Fsp3) is 0.0769. The third-order valence-electron chi connectivity index (χ3n) is 7.99. The van der Waals surface area contributed by atoms with E-state index >= 15 is 0 Å². The van der Waals surface area contributed by atoms with E-state index in [1.807, 2.05) is 0 Å². The Balaban J connectivity index is 1.86. The quantitative estimate of drug-likeness (QED) is 0.134. The van der Waals surface area contributed by atoms with E-state index in [1.165, 1.54) is 33.5 Å². The number of hydrogen-bond acceptors (Lipinski definition) is 1. The van der Waals surface area contributed by atoms with Crippen LogP contribution in [0, 0.1) is 0 Å². The summed E-state index contributed by atoms with van der Waals surface area (Å²) in [5.74, 6) is 0. The molecule has 4 heteroatoms. The molecule has 212 valence electrons. The van der Waals surface area contributed by atoms with Crippen LogP contribution in [0.2, 0.25) is 19.6 Å². The van der Waals surface area contributed by atoms with Crippen molar-refractivity contribution >= 4 is 62.1 Å². The van der Waals surface area contributed by atoms with Crippen LogP contribution in [0.5, 0.6) is 0 Å². The summed E-state index contributed by atoms with van der Waals surface area (Å²) in [5.41, 5.74) is 0. The van der Waals surface area contributed by atoms with Crippen molar-refractivity contribution in [3.05, 3.63) is 176 Å². The second-order valence-corrected chi connectivity index (χ2v) is 27.8. The van der Waals surface area contributed by atoms with Gasteiger partial charge in [-0.15, -0.1) is 0 Å². The number of rotatable bonds is 8. The Kier molecular flexibility index (Phi) is 8.54. The van der Waals surface area contributed by atoms with Crippen LogP contribution in [0.3, 0.4) is 0 Å². The summed E-state index contributed by atoms with van der Waals surface area (Å²) in [6, 6.07) is 65.6. The van der Waals surface area contributed by atoms with Gasteiger partial charge in [-0.05, 0) is 0 Å². The first-order valence-electron chi connectivity index (χ1n) is 15.0. The maximum absolute atomic E-state index is 6.09. The Morgan fingerprint density at radius 3 is 1.12 bits per heavy atom. The Hall–Kier alpha value is -3.69. The fourth-order valence-corrected chi connectivity index (χ4v) is 26.2. The molecule has 0 amide bonds. The second-order valence-electron chi connectivity index (χ2n) is 11.9. The van der Waals surface area contributed by atoms with Crippen molar-refractivity contribution in [3.63, 3.8) is 0 Å². The molecule has 0 N–H and O–H groups in total. The second kappa shape index (κ2) is 12.5. The van der Waals surface area contributed by atoms with Gasteiger partial charge in [-0.3, -0.25) is 0 Å². The van der Waals surface area contributed by atoms with Gasteiger partial charge in [0.25, 0.3) is 0 Å². The predicted molar refractivity (Wildman–Crippen MR) is 195 cm³/mol. The molecule has 0 heterocycles. The first kappa shape index (κ1) is 29.4. The monoisotopic (exact) mass is 653 g/mol. The van der Waals surface area contributed by atoms with Gasteiger partial charge in [0.2, 0.25) is 0 Å². The van der Waals surface area contributed by atoms with E-state index in [-0.39, 0.29) is 0 Å². The van der Waals surface area contributed by atoms with Crippen molar-refractivity contribution < 1.29 is 0 Å². The first-order chi connectivity index (χ1) is 21.0. The minimum atomic E-state index is -3.60. The Bertz CT molecular complexity index is 1700. The van der Waals surface area contributed by atoms with Crippen molar-refractivity contribution in [1.82, 2.24) is 0 Å². The molecule has 6 aromatic carbocycles. The van der Waals surface area contributed by atoms with Gasteiger partial charge < -0.3 is 0 Å². The van der Waals surface area contributed by atoms with Crippen LogP contribution >= 0.6 is 7.05 Å². The summed E-state index contributed by atoms with van der Waals surface area (Å²) in [5, 5.41) is 4.04. The molecule has 0 aliphatic carbocycles. The first-order valence-corrected chi connectivity index (χ1v) is 24.4. The van der Waals surface area contributed by atoms with E-state index in [9.17, 15) is 0 Å². The van der Waals surface area contributed by atoms with Gasteiger partial charge in [-0.2, -0.15) is 0 Å². The summed E-state index contributed by atoms with van der Waals surface area (Å²) < 4.78 is 11.8. The van der Waals surface area contributed by atoms with E-state index < -0.39 is 28.6 Å². The maximum atomic E-state index is 6.09. The summed E-state index contributed by atoms with van der Waals surface area (Å²) in [6.07, 6.45) is 0. The van der Waals surface area contributed by atoms with Crippen molar-refractivity contribution in [1.29, 1.82) is 0 Å². The zero-order valence-electron chi connectivity index (χ0n) is 25.1. The third-order valence-corrected chi connectivity index (χ3v) is 25.4. The summed E-state index contributed by atoms with van der Waals surface area (Å²) in [4.78, 5) is 0. The van der Waals surface area contributed by atoms with Gasteiger partial charge >= 0.3 is 262 Å². The van der Waals surface area contributed by atoms with Crippen molar-refractivity contribution in [2.24, 2.45) is 4.41 Å². The molecule has 0 spiro atoms. The normalized spacial score (nSPS) is 12.1. The molecule has 43 heavy (non-hydrogen) atoms.